The SMILES string of the molecule is CCNC(=NCC1(CO)CCOCC1)N1CCC(N2CCCCC2)C1.I. The number of aliphatic hydroxyl groups is 1. The second kappa shape index (κ2) is 11.0. The van der Waals surface area contributed by atoms with Crippen molar-refractivity contribution in [3.05, 3.63) is 0 Å². The molecule has 0 aromatic heterocycles. The molecule has 7 heteroatoms. The van der Waals surface area contributed by atoms with Crippen LogP contribution < -0.4 is 5.32 Å². The van der Waals surface area contributed by atoms with E-state index in [1.165, 1.54) is 38.8 Å². The molecule has 6 nitrogen and oxygen atoms in total. The Morgan fingerprint density at radius 3 is 2.58 bits per heavy atom. The van der Waals surface area contributed by atoms with Gasteiger partial charge in [0.05, 0.1) is 13.2 Å². The molecular formula is C19H37IN4O2. The Hall–Kier alpha value is -0.120. The van der Waals surface area contributed by atoms with E-state index in [2.05, 4.69) is 22.0 Å². The highest BCUT2D eigenvalue weighted by Crippen LogP contribution is 2.30. The van der Waals surface area contributed by atoms with E-state index in [1.807, 2.05) is 0 Å². The number of aliphatic imine (C=N–C) groups is 1. The van der Waals surface area contributed by atoms with Gasteiger partial charge in [0.2, 0.25) is 0 Å². The average molecular weight is 480 g/mol. The molecule has 0 amide bonds. The summed E-state index contributed by atoms with van der Waals surface area (Å²) >= 11 is 0. The molecule has 0 aromatic carbocycles. The fourth-order valence-electron chi connectivity index (χ4n) is 4.35. The van der Waals surface area contributed by atoms with Crippen LogP contribution in [0.2, 0.25) is 0 Å². The molecule has 0 spiro atoms. The van der Waals surface area contributed by atoms with Crippen molar-refractivity contribution in [2.75, 3.05) is 59.1 Å². The standard InChI is InChI=1S/C19H36N4O2.HI/c1-2-20-18(21-15-19(16-24)7-12-25-13-8-19)23-11-6-17(14-23)22-9-4-3-5-10-22;/h17,24H,2-16H2,1H3,(H,20,21);1H. The van der Waals surface area contributed by atoms with Gasteiger partial charge >= 0.3 is 0 Å². The fourth-order valence-corrected chi connectivity index (χ4v) is 4.35. The minimum Gasteiger partial charge on any atom is -0.396 e. The van der Waals surface area contributed by atoms with Gasteiger partial charge in [-0.2, -0.15) is 0 Å². The van der Waals surface area contributed by atoms with Crippen LogP contribution in [0, 0.1) is 5.41 Å². The number of nitrogens with one attached hydrogen (secondary N) is 1. The first kappa shape index (κ1) is 22.2. The summed E-state index contributed by atoms with van der Waals surface area (Å²) in [7, 11) is 0. The zero-order chi connectivity index (χ0) is 17.5. The quantitative estimate of drug-likeness (QED) is 0.358. The summed E-state index contributed by atoms with van der Waals surface area (Å²) in [5.41, 5.74) is -0.0923. The normalized spacial score (nSPS) is 27.2. The van der Waals surface area contributed by atoms with Gasteiger partial charge in [-0.15, -0.1) is 24.0 Å². The molecule has 3 heterocycles. The van der Waals surface area contributed by atoms with Crippen LogP contribution in [-0.4, -0.2) is 86.0 Å². The van der Waals surface area contributed by atoms with E-state index in [0.717, 1.165) is 51.6 Å². The van der Waals surface area contributed by atoms with Crippen molar-refractivity contribution in [2.45, 2.75) is 51.5 Å². The first-order valence-corrected chi connectivity index (χ1v) is 10.2. The number of aliphatic hydroxyl groups excluding tert-OH is 1. The third-order valence-electron chi connectivity index (χ3n) is 6.16. The molecule has 1 unspecified atom stereocenters. The number of hydrogen-bond acceptors (Lipinski definition) is 4. The number of guanidine groups is 1. The maximum Gasteiger partial charge on any atom is 0.193 e. The maximum absolute atomic E-state index is 9.90. The second-order valence-electron chi connectivity index (χ2n) is 7.93. The molecule has 2 N–H and O–H groups in total. The van der Waals surface area contributed by atoms with Crippen LogP contribution in [-0.2, 0) is 4.74 Å². The van der Waals surface area contributed by atoms with Gasteiger partial charge in [-0.05, 0) is 52.1 Å². The van der Waals surface area contributed by atoms with Crippen molar-refractivity contribution in [1.82, 2.24) is 15.1 Å². The van der Waals surface area contributed by atoms with Crippen LogP contribution in [0.5, 0.6) is 0 Å². The van der Waals surface area contributed by atoms with Gasteiger partial charge in [-0.3, -0.25) is 9.89 Å². The summed E-state index contributed by atoms with van der Waals surface area (Å²) in [5, 5.41) is 13.4. The number of hydrogen-bond donors (Lipinski definition) is 2. The third-order valence-corrected chi connectivity index (χ3v) is 6.16. The third kappa shape index (κ3) is 5.69. The van der Waals surface area contributed by atoms with Crippen molar-refractivity contribution < 1.29 is 9.84 Å². The Balaban J connectivity index is 0.00000243. The maximum atomic E-state index is 9.90. The first-order chi connectivity index (χ1) is 12.3. The van der Waals surface area contributed by atoms with E-state index in [0.29, 0.717) is 12.6 Å². The van der Waals surface area contributed by atoms with E-state index >= 15 is 0 Å². The Morgan fingerprint density at radius 1 is 1.19 bits per heavy atom. The molecule has 1 atom stereocenters. The summed E-state index contributed by atoms with van der Waals surface area (Å²) in [4.78, 5) is 10.0. The molecule has 3 saturated heterocycles. The van der Waals surface area contributed by atoms with Crippen LogP contribution in [0.25, 0.3) is 0 Å². The van der Waals surface area contributed by atoms with Crippen LogP contribution >= 0.6 is 24.0 Å². The van der Waals surface area contributed by atoms with Crippen LogP contribution in [0.1, 0.15) is 45.4 Å². The number of piperidine rings is 1. The molecule has 3 aliphatic rings. The molecule has 3 rings (SSSR count). The van der Waals surface area contributed by atoms with Gasteiger partial charge in [0, 0.05) is 44.3 Å². The van der Waals surface area contributed by atoms with Gasteiger partial charge < -0.3 is 20.1 Å². The van der Waals surface area contributed by atoms with Crippen LogP contribution in [0.15, 0.2) is 4.99 Å². The first-order valence-electron chi connectivity index (χ1n) is 10.2. The minimum absolute atomic E-state index is 0. The molecule has 0 aromatic rings. The molecular weight excluding hydrogens is 443 g/mol. The molecule has 26 heavy (non-hydrogen) atoms. The number of nitrogens with zero attached hydrogens (tertiary/aromatic N) is 3. The van der Waals surface area contributed by atoms with E-state index < -0.39 is 0 Å². The van der Waals surface area contributed by atoms with Gasteiger partial charge in [-0.25, -0.2) is 0 Å². The summed E-state index contributed by atoms with van der Waals surface area (Å²) in [6.07, 6.45) is 7.15. The summed E-state index contributed by atoms with van der Waals surface area (Å²) in [6.45, 7) is 10.1. The topological polar surface area (TPSA) is 60.3 Å². The monoisotopic (exact) mass is 480 g/mol. The Labute approximate surface area is 175 Å². The van der Waals surface area contributed by atoms with Gasteiger partial charge in [-0.1, -0.05) is 6.42 Å². The second-order valence-corrected chi connectivity index (χ2v) is 7.93. The summed E-state index contributed by atoms with van der Waals surface area (Å²) < 4.78 is 5.47. The number of likely N-dealkylation sites (tertiary alicyclic amines) is 2. The molecule has 152 valence electrons. The lowest BCUT2D eigenvalue weighted by Crippen LogP contribution is -2.45. The van der Waals surface area contributed by atoms with Crippen molar-refractivity contribution in [2.24, 2.45) is 10.4 Å². The van der Waals surface area contributed by atoms with Crippen molar-refractivity contribution >= 4 is 29.9 Å². The van der Waals surface area contributed by atoms with Crippen molar-refractivity contribution in [1.29, 1.82) is 0 Å². The van der Waals surface area contributed by atoms with E-state index in [4.69, 9.17) is 9.73 Å². The molecule has 0 aliphatic carbocycles. The highest BCUT2D eigenvalue weighted by atomic mass is 127. The van der Waals surface area contributed by atoms with Crippen molar-refractivity contribution in [3.63, 3.8) is 0 Å². The lowest BCUT2D eigenvalue weighted by molar-refractivity contribution is -0.0107. The zero-order valence-corrected chi connectivity index (χ0v) is 18.6. The Bertz CT molecular complexity index is 437. The van der Waals surface area contributed by atoms with Gasteiger partial charge in [0.1, 0.15) is 0 Å². The predicted molar refractivity (Wildman–Crippen MR) is 116 cm³/mol. The average Bonchev–Trinajstić information content (AvgIpc) is 3.16. The van der Waals surface area contributed by atoms with E-state index in [9.17, 15) is 5.11 Å². The number of ether oxygens (including phenoxy) is 1. The fraction of sp³-hybridized carbons (Fsp3) is 0.947. The molecule has 0 saturated carbocycles. The molecule has 3 aliphatic heterocycles. The minimum atomic E-state index is -0.0923. The Kier molecular flexibility index (Phi) is 9.40. The van der Waals surface area contributed by atoms with Gasteiger partial charge in [0.15, 0.2) is 5.96 Å². The largest absolute Gasteiger partial charge is 0.396 e. The molecule has 3 fully saturated rings. The smallest absolute Gasteiger partial charge is 0.193 e. The lowest BCUT2D eigenvalue weighted by atomic mass is 9.81. The molecule has 0 bridgehead atoms. The zero-order valence-electron chi connectivity index (χ0n) is 16.3. The highest BCUT2D eigenvalue weighted by Gasteiger charge is 2.33. The van der Waals surface area contributed by atoms with Crippen molar-refractivity contribution in [3.8, 4) is 0 Å². The van der Waals surface area contributed by atoms with Crippen LogP contribution in [0.4, 0.5) is 0 Å². The predicted octanol–water partition coefficient (Wildman–Crippen LogP) is 1.92. The summed E-state index contributed by atoms with van der Waals surface area (Å²) in [5.74, 6) is 1.03. The van der Waals surface area contributed by atoms with Gasteiger partial charge in [0.25, 0.3) is 0 Å². The van der Waals surface area contributed by atoms with E-state index in [-0.39, 0.29) is 36.0 Å². The summed E-state index contributed by atoms with van der Waals surface area (Å²) in [6, 6.07) is 0.680. The van der Waals surface area contributed by atoms with Crippen LogP contribution in [0.3, 0.4) is 0 Å². The highest BCUT2D eigenvalue weighted by molar-refractivity contribution is 14.0. The van der Waals surface area contributed by atoms with E-state index in [1.54, 1.807) is 0 Å². The number of halogens is 1. The lowest BCUT2D eigenvalue weighted by Gasteiger charge is -2.35. The Morgan fingerprint density at radius 2 is 1.92 bits per heavy atom. The molecule has 0 radical (unpaired) electrons. The number of rotatable bonds is 5.